The van der Waals surface area contributed by atoms with Crippen LogP contribution in [0, 0.1) is 0 Å². The number of imidazole rings is 1. The number of likely N-dealkylation sites (N-methyl/N-ethyl adjacent to an activating group) is 1. The van der Waals surface area contributed by atoms with Gasteiger partial charge in [-0.25, -0.2) is 18.1 Å². The molecule has 0 aliphatic rings. The summed E-state index contributed by atoms with van der Waals surface area (Å²) in [7, 11) is 0.0347. The number of rotatable bonds is 5. The molecule has 6 nitrogen and oxygen atoms in total. The molecule has 110 valence electrons. The van der Waals surface area contributed by atoms with E-state index in [2.05, 4.69) is 9.71 Å². The molecule has 2 aromatic heterocycles. The molecule has 2 aromatic rings. The Labute approximate surface area is 123 Å². The minimum absolute atomic E-state index is 0.0271. The minimum atomic E-state index is -3.73. The SMILES string of the molecule is CC(CN(C)C)NS(=O)(=O)c1c(Cl)nc2ccccn12. The molecule has 20 heavy (non-hydrogen) atoms. The predicted octanol–water partition coefficient (Wildman–Crippen LogP) is 1.22. The molecular formula is C12H17ClN4O2S. The standard InChI is InChI=1S/C12H17ClN4O2S/c1-9(8-16(2)3)15-20(18,19)12-11(13)14-10-6-4-5-7-17(10)12/h4-7,9,15H,8H2,1-3H3. The number of sulfonamides is 1. The number of pyridine rings is 1. The largest absolute Gasteiger partial charge is 0.308 e. The van der Waals surface area contributed by atoms with Gasteiger partial charge >= 0.3 is 0 Å². The minimum Gasteiger partial charge on any atom is -0.308 e. The Morgan fingerprint density at radius 3 is 2.80 bits per heavy atom. The molecule has 2 heterocycles. The van der Waals surface area contributed by atoms with Gasteiger partial charge in [0.1, 0.15) is 5.65 Å². The zero-order valence-corrected chi connectivity index (χ0v) is 13.1. The van der Waals surface area contributed by atoms with Crippen LogP contribution in [-0.4, -0.2) is 49.4 Å². The number of nitrogens with zero attached hydrogens (tertiary/aromatic N) is 3. The maximum atomic E-state index is 12.4. The van der Waals surface area contributed by atoms with Crippen LogP contribution in [0.3, 0.4) is 0 Å². The molecule has 0 aromatic carbocycles. The number of hydrogen-bond acceptors (Lipinski definition) is 4. The van der Waals surface area contributed by atoms with Gasteiger partial charge in [0.2, 0.25) is 0 Å². The van der Waals surface area contributed by atoms with E-state index in [0.29, 0.717) is 12.2 Å². The Bertz CT molecular complexity index is 711. The first kappa shape index (κ1) is 15.2. The molecule has 0 amide bonds. The van der Waals surface area contributed by atoms with Crippen molar-refractivity contribution in [1.82, 2.24) is 19.0 Å². The average molecular weight is 317 g/mol. The van der Waals surface area contributed by atoms with E-state index in [-0.39, 0.29) is 16.2 Å². The summed E-state index contributed by atoms with van der Waals surface area (Å²) in [6, 6.07) is 4.97. The van der Waals surface area contributed by atoms with Gasteiger partial charge in [0.05, 0.1) is 0 Å². The molecule has 0 aliphatic heterocycles. The number of nitrogens with one attached hydrogen (secondary N) is 1. The fourth-order valence-electron chi connectivity index (χ4n) is 2.09. The molecule has 0 aliphatic carbocycles. The number of hydrogen-bond donors (Lipinski definition) is 1. The van der Waals surface area contributed by atoms with E-state index in [1.54, 1.807) is 31.3 Å². The van der Waals surface area contributed by atoms with Crippen LogP contribution >= 0.6 is 11.6 Å². The van der Waals surface area contributed by atoms with E-state index < -0.39 is 10.0 Å². The van der Waals surface area contributed by atoms with Gasteiger partial charge in [-0.05, 0) is 33.2 Å². The Kier molecular flexibility index (Phi) is 4.33. The van der Waals surface area contributed by atoms with Gasteiger partial charge in [-0.1, -0.05) is 17.7 Å². The van der Waals surface area contributed by atoms with Gasteiger partial charge in [0, 0.05) is 18.8 Å². The molecule has 0 spiro atoms. The fraction of sp³-hybridized carbons (Fsp3) is 0.417. The molecule has 8 heteroatoms. The highest BCUT2D eigenvalue weighted by atomic mass is 35.5. The normalized spacial score (nSPS) is 14.1. The summed E-state index contributed by atoms with van der Waals surface area (Å²) in [5.41, 5.74) is 0.498. The second kappa shape index (κ2) is 5.69. The van der Waals surface area contributed by atoms with E-state index >= 15 is 0 Å². The smallest absolute Gasteiger partial charge is 0.260 e. The second-order valence-corrected chi connectivity index (χ2v) is 6.91. The van der Waals surface area contributed by atoms with Crippen LogP contribution < -0.4 is 4.72 Å². The summed E-state index contributed by atoms with van der Waals surface area (Å²) in [5.74, 6) is 0. The molecule has 1 N–H and O–H groups in total. The molecule has 0 radical (unpaired) electrons. The van der Waals surface area contributed by atoms with Gasteiger partial charge in [0.15, 0.2) is 10.2 Å². The second-order valence-electron chi connectivity index (χ2n) is 4.92. The first-order valence-corrected chi connectivity index (χ1v) is 7.97. The summed E-state index contributed by atoms with van der Waals surface area (Å²) in [5, 5.41) is -0.0545. The topological polar surface area (TPSA) is 66.7 Å². The summed E-state index contributed by atoms with van der Waals surface area (Å²) < 4.78 is 29.0. The van der Waals surface area contributed by atoms with Crippen molar-refractivity contribution < 1.29 is 8.42 Å². The first-order valence-electron chi connectivity index (χ1n) is 6.11. The zero-order chi connectivity index (χ0) is 14.9. The lowest BCUT2D eigenvalue weighted by Gasteiger charge is -2.18. The van der Waals surface area contributed by atoms with Crippen LogP contribution in [0.4, 0.5) is 0 Å². The van der Waals surface area contributed by atoms with Crippen LogP contribution in [0.15, 0.2) is 29.4 Å². The molecule has 1 atom stereocenters. The van der Waals surface area contributed by atoms with Crippen LogP contribution in [0.1, 0.15) is 6.92 Å². The Balaban J connectivity index is 2.39. The van der Waals surface area contributed by atoms with Crippen molar-refractivity contribution in [2.24, 2.45) is 0 Å². The van der Waals surface area contributed by atoms with Crippen molar-refractivity contribution in [1.29, 1.82) is 0 Å². The molecular weight excluding hydrogens is 300 g/mol. The van der Waals surface area contributed by atoms with Gasteiger partial charge in [-0.2, -0.15) is 0 Å². The van der Waals surface area contributed by atoms with Crippen molar-refractivity contribution in [3.8, 4) is 0 Å². The maximum absolute atomic E-state index is 12.4. The van der Waals surface area contributed by atoms with E-state index in [0.717, 1.165) is 0 Å². The van der Waals surface area contributed by atoms with Crippen LogP contribution in [0.5, 0.6) is 0 Å². The Morgan fingerprint density at radius 2 is 2.15 bits per heavy atom. The van der Waals surface area contributed by atoms with Crippen LogP contribution in [0.25, 0.3) is 5.65 Å². The quantitative estimate of drug-likeness (QED) is 0.900. The number of halogens is 1. The summed E-state index contributed by atoms with van der Waals surface area (Å²) in [6.45, 7) is 2.39. The van der Waals surface area contributed by atoms with Crippen molar-refractivity contribution in [3.05, 3.63) is 29.5 Å². The highest BCUT2D eigenvalue weighted by molar-refractivity contribution is 7.89. The summed E-state index contributed by atoms with van der Waals surface area (Å²) >= 11 is 5.98. The van der Waals surface area contributed by atoms with Gasteiger partial charge < -0.3 is 4.90 Å². The number of fused-ring (bicyclic) bond motifs is 1. The Hall–Kier alpha value is -1.15. The van der Waals surface area contributed by atoms with Gasteiger partial charge in [0.25, 0.3) is 10.0 Å². The lowest BCUT2D eigenvalue weighted by molar-refractivity contribution is 0.370. The van der Waals surface area contributed by atoms with E-state index in [4.69, 9.17) is 11.6 Å². The average Bonchev–Trinajstić information content (AvgIpc) is 2.62. The third-order valence-electron chi connectivity index (χ3n) is 2.70. The highest BCUT2D eigenvalue weighted by Gasteiger charge is 2.25. The van der Waals surface area contributed by atoms with Gasteiger partial charge in [-0.3, -0.25) is 4.40 Å². The Morgan fingerprint density at radius 1 is 1.45 bits per heavy atom. The van der Waals surface area contributed by atoms with Crippen molar-refractivity contribution in [3.63, 3.8) is 0 Å². The molecule has 0 bridgehead atoms. The summed E-state index contributed by atoms with van der Waals surface area (Å²) in [4.78, 5) is 5.95. The first-order chi connectivity index (χ1) is 9.31. The van der Waals surface area contributed by atoms with Crippen LogP contribution in [-0.2, 0) is 10.0 Å². The third kappa shape index (κ3) is 3.12. The van der Waals surface area contributed by atoms with Crippen molar-refractivity contribution in [2.45, 2.75) is 18.0 Å². The summed E-state index contributed by atoms with van der Waals surface area (Å²) in [6.07, 6.45) is 1.62. The zero-order valence-electron chi connectivity index (χ0n) is 11.5. The molecule has 0 saturated carbocycles. The molecule has 0 fully saturated rings. The van der Waals surface area contributed by atoms with E-state index in [9.17, 15) is 8.42 Å². The lowest BCUT2D eigenvalue weighted by Crippen LogP contribution is -2.39. The molecule has 1 unspecified atom stereocenters. The molecule has 0 saturated heterocycles. The third-order valence-corrected chi connectivity index (χ3v) is 4.68. The van der Waals surface area contributed by atoms with Gasteiger partial charge in [-0.15, -0.1) is 0 Å². The number of aromatic nitrogens is 2. The predicted molar refractivity (Wildman–Crippen MR) is 78.5 cm³/mol. The highest BCUT2D eigenvalue weighted by Crippen LogP contribution is 2.22. The van der Waals surface area contributed by atoms with E-state index in [1.165, 1.54) is 4.40 Å². The monoisotopic (exact) mass is 316 g/mol. The van der Waals surface area contributed by atoms with Crippen LogP contribution in [0.2, 0.25) is 5.15 Å². The maximum Gasteiger partial charge on any atom is 0.260 e. The molecule has 2 rings (SSSR count). The van der Waals surface area contributed by atoms with Crippen molar-refractivity contribution in [2.75, 3.05) is 20.6 Å². The van der Waals surface area contributed by atoms with Crippen molar-refractivity contribution >= 4 is 27.3 Å². The fourth-order valence-corrected chi connectivity index (χ4v) is 3.97. The van der Waals surface area contributed by atoms with E-state index in [1.807, 2.05) is 19.0 Å². The lowest BCUT2D eigenvalue weighted by atomic mass is 10.3.